The van der Waals surface area contributed by atoms with Gasteiger partial charge in [0.1, 0.15) is 6.07 Å². The third-order valence-corrected chi connectivity index (χ3v) is 17.8. The molecule has 0 bridgehead atoms. The van der Waals surface area contributed by atoms with E-state index in [1.165, 1.54) is 12.1 Å². The average Bonchev–Trinajstić information content (AvgIpc) is 1.42. The summed E-state index contributed by atoms with van der Waals surface area (Å²) in [5, 5.41) is 14.7. The summed E-state index contributed by atoms with van der Waals surface area (Å²) < 4.78 is 101. The Morgan fingerprint density at radius 1 is 0.281 bits per heavy atom. The van der Waals surface area contributed by atoms with Gasteiger partial charge in [-0.25, -0.2) is 0 Å². The van der Waals surface area contributed by atoms with Gasteiger partial charge in [-0.3, -0.25) is 19.9 Å². The molecule has 13 heteroatoms. The third kappa shape index (κ3) is 10.6. The number of hydrogen-bond donors (Lipinski definition) is 0. The lowest BCUT2D eigenvalue weighted by Gasteiger charge is -2.24. The molecule has 0 radical (unpaired) electrons. The first kappa shape index (κ1) is 58.5. The van der Waals surface area contributed by atoms with Crippen LogP contribution in [0.25, 0.3) is 156 Å². The van der Waals surface area contributed by atoms with Crippen LogP contribution in [0.5, 0.6) is 0 Å². The lowest BCUT2D eigenvalue weighted by Crippen LogP contribution is -2.15. The van der Waals surface area contributed by atoms with Gasteiger partial charge < -0.3 is 9.13 Å². The Hall–Kier alpha value is -12.5. The molecule has 16 rings (SSSR count). The van der Waals surface area contributed by atoms with Gasteiger partial charge in [-0.1, -0.05) is 176 Å². The summed E-state index contributed by atoms with van der Waals surface area (Å²) in [5.41, 5.74) is 9.45. The van der Waals surface area contributed by atoms with E-state index in [1.807, 2.05) is 243 Å². The fraction of sp³-hybridized carbons (Fsp3) is 0.0241. The molecule has 0 saturated carbocycles. The van der Waals surface area contributed by atoms with Crippen molar-refractivity contribution in [1.29, 1.82) is 5.26 Å². The molecule has 6 aromatic heterocycles. The van der Waals surface area contributed by atoms with Crippen LogP contribution in [0, 0.1) is 11.3 Å². The van der Waals surface area contributed by atoms with Crippen molar-refractivity contribution in [3.05, 3.63) is 314 Å². The van der Waals surface area contributed by atoms with Gasteiger partial charge >= 0.3 is 12.4 Å². The van der Waals surface area contributed by atoms with E-state index >= 15 is 26.3 Å². The highest BCUT2D eigenvalue weighted by Gasteiger charge is 2.42. The zero-order valence-corrected chi connectivity index (χ0v) is 50.7. The Morgan fingerprint density at radius 3 is 0.865 bits per heavy atom. The molecule has 0 spiro atoms. The molecular weight excluding hydrogens is 1210 g/mol. The number of nitriles is 1. The second-order valence-corrected chi connectivity index (χ2v) is 23.5. The molecular formula is C83H49F6N7. The SMILES string of the molecule is N#Cc1cc(-n2c3cc(-c4ccnc(-c5ccccc5)c4)ccc3c3ccc(-c4ccnc(-c5ccccc5)c4)cc32)c(-c2c(C(F)(F)F)cccc2C(F)(F)F)cc1-n1c2cc(-c3ccnc(-c4ccccc4)c3)ccc2c2ccc(-c3ccnc(-c4ccccc4)c3)cc21. The van der Waals surface area contributed by atoms with E-state index in [0.29, 0.717) is 89.6 Å². The molecule has 0 aliphatic carbocycles. The molecule has 0 fully saturated rings. The van der Waals surface area contributed by atoms with E-state index in [-0.39, 0.29) is 16.9 Å². The lowest BCUT2D eigenvalue weighted by molar-refractivity contribution is -0.142. The minimum absolute atomic E-state index is 0.0349. The van der Waals surface area contributed by atoms with Crippen molar-refractivity contribution < 1.29 is 26.3 Å². The van der Waals surface area contributed by atoms with E-state index in [2.05, 4.69) is 16.0 Å². The number of halogens is 6. The van der Waals surface area contributed by atoms with Crippen molar-refractivity contribution in [3.63, 3.8) is 0 Å². The maximum atomic E-state index is 16.2. The predicted octanol–water partition coefficient (Wildman–Crippen LogP) is 22.4. The summed E-state index contributed by atoms with van der Waals surface area (Å²) in [6.45, 7) is 0. The summed E-state index contributed by atoms with van der Waals surface area (Å²) in [5.74, 6) is 0. The Balaban J connectivity index is 1.02. The number of rotatable bonds is 11. The number of pyridine rings is 4. The molecule has 10 aromatic carbocycles. The molecule has 0 atom stereocenters. The van der Waals surface area contributed by atoms with E-state index in [1.54, 1.807) is 33.9 Å². The van der Waals surface area contributed by atoms with Crippen LogP contribution < -0.4 is 0 Å². The van der Waals surface area contributed by atoms with Gasteiger partial charge in [-0.05, 0) is 142 Å². The van der Waals surface area contributed by atoms with Crippen LogP contribution in [0.4, 0.5) is 26.3 Å². The molecule has 0 aliphatic heterocycles. The summed E-state index contributed by atoms with van der Waals surface area (Å²) in [4.78, 5) is 18.8. The molecule has 0 amide bonds. The van der Waals surface area contributed by atoms with Gasteiger partial charge in [-0.2, -0.15) is 31.6 Å². The second-order valence-electron chi connectivity index (χ2n) is 23.5. The highest BCUT2D eigenvalue weighted by atomic mass is 19.4. The van der Waals surface area contributed by atoms with E-state index < -0.39 is 34.6 Å². The smallest absolute Gasteiger partial charge is 0.309 e. The van der Waals surface area contributed by atoms with Crippen LogP contribution in [0.3, 0.4) is 0 Å². The van der Waals surface area contributed by atoms with Crippen LogP contribution in [0.15, 0.2) is 298 Å². The van der Waals surface area contributed by atoms with Crippen LogP contribution >= 0.6 is 0 Å². The van der Waals surface area contributed by atoms with Crippen molar-refractivity contribution in [2.24, 2.45) is 0 Å². The van der Waals surface area contributed by atoms with Crippen molar-refractivity contribution in [3.8, 4) is 118 Å². The zero-order valence-electron chi connectivity index (χ0n) is 50.7. The molecule has 0 N–H and O–H groups in total. The number of benzene rings is 10. The quantitative estimate of drug-likeness (QED) is 0.120. The Bertz CT molecular complexity index is 5440. The molecule has 0 saturated heterocycles. The van der Waals surface area contributed by atoms with Gasteiger partial charge in [0.2, 0.25) is 0 Å². The highest BCUT2D eigenvalue weighted by molar-refractivity contribution is 6.14. The fourth-order valence-electron chi connectivity index (χ4n) is 13.3. The number of nitrogens with zero attached hydrogens (tertiary/aromatic N) is 7. The fourth-order valence-corrected chi connectivity index (χ4v) is 13.3. The molecule has 16 aromatic rings. The summed E-state index contributed by atoms with van der Waals surface area (Å²) in [6, 6.07) is 84.6. The normalized spacial score (nSPS) is 11.8. The Morgan fingerprint density at radius 2 is 0.573 bits per heavy atom. The highest BCUT2D eigenvalue weighted by Crippen LogP contribution is 2.50. The van der Waals surface area contributed by atoms with E-state index in [4.69, 9.17) is 9.97 Å². The van der Waals surface area contributed by atoms with Gasteiger partial charge in [-0.15, -0.1) is 0 Å². The second kappa shape index (κ2) is 23.5. The molecule has 458 valence electrons. The van der Waals surface area contributed by atoms with Crippen LogP contribution in [0.1, 0.15) is 16.7 Å². The predicted molar refractivity (Wildman–Crippen MR) is 370 cm³/mol. The molecule has 96 heavy (non-hydrogen) atoms. The maximum Gasteiger partial charge on any atom is 0.417 e. The standard InChI is InChI=1S/C83H49F6N7/c84-82(85,86)69-22-13-23-70(83(87,88)89)81(69)68-49-75(95-76-44-55(59-32-36-91-71(40-59)51-14-5-1-6-15-51)24-28-64(76)65-29-25-56(45-77(65)95)60-33-37-92-72(41-60)52-16-7-2-8-17-52)63(50-90)48-80(68)96-78-46-57(61-34-38-93-73(42-61)53-18-9-3-10-19-53)26-30-66(78)67-31-27-58(47-79(67)96)62-35-39-94-74(43-62)54-20-11-4-12-21-54/h1-49H. The number of fused-ring (bicyclic) bond motifs is 6. The van der Waals surface area contributed by atoms with Gasteiger partial charge in [0.15, 0.2) is 0 Å². The minimum Gasteiger partial charge on any atom is -0.309 e. The van der Waals surface area contributed by atoms with E-state index in [0.717, 1.165) is 61.7 Å². The largest absolute Gasteiger partial charge is 0.417 e. The van der Waals surface area contributed by atoms with Gasteiger partial charge in [0.25, 0.3) is 0 Å². The first-order valence-electron chi connectivity index (χ1n) is 30.9. The average molecular weight is 1260 g/mol. The summed E-state index contributed by atoms with van der Waals surface area (Å²) in [7, 11) is 0. The van der Waals surface area contributed by atoms with Crippen molar-refractivity contribution in [2.75, 3.05) is 0 Å². The molecule has 7 nitrogen and oxygen atoms in total. The number of alkyl halides is 6. The van der Waals surface area contributed by atoms with E-state index in [9.17, 15) is 5.26 Å². The lowest BCUT2D eigenvalue weighted by atomic mass is 9.90. The number of hydrogen-bond acceptors (Lipinski definition) is 5. The number of aromatic nitrogens is 6. The first-order valence-corrected chi connectivity index (χ1v) is 30.9. The van der Waals surface area contributed by atoms with Crippen molar-refractivity contribution in [2.45, 2.75) is 12.4 Å². The Labute approximate surface area is 546 Å². The zero-order chi connectivity index (χ0) is 65.2. The van der Waals surface area contributed by atoms with Crippen LogP contribution in [0.2, 0.25) is 0 Å². The topological polar surface area (TPSA) is 85.2 Å². The summed E-state index contributed by atoms with van der Waals surface area (Å²) >= 11 is 0. The molecule has 0 unspecified atom stereocenters. The van der Waals surface area contributed by atoms with Crippen LogP contribution in [-0.2, 0) is 12.4 Å². The first-order chi connectivity index (χ1) is 46.8. The van der Waals surface area contributed by atoms with Crippen LogP contribution in [-0.4, -0.2) is 29.1 Å². The molecule has 0 aliphatic rings. The minimum atomic E-state index is -5.32. The molecule has 6 heterocycles. The summed E-state index contributed by atoms with van der Waals surface area (Å²) in [6.07, 6.45) is -3.80. The van der Waals surface area contributed by atoms with Crippen molar-refractivity contribution >= 4 is 43.6 Å². The van der Waals surface area contributed by atoms with Crippen molar-refractivity contribution in [1.82, 2.24) is 29.1 Å². The monoisotopic (exact) mass is 1260 g/mol. The van der Waals surface area contributed by atoms with Gasteiger partial charge in [0.05, 0.1) is 72.9 Å². The third-order valence-electron chi connectivity index (χ3n) is 17.8. The maximum absolute atomic E-state index is 16.2. The van der Waals surface area contributed by atoms with Gasteiger partial charge in [0, 0.05) is 79.7 Å². The Kier molecular flexibility index (Phi) is 14.4.